The minimum atomic E-state index is -0.316. The SMILES string of the molecule is CCCOCN1C(=O)CCN(Cc2cc(Br)n(C)n2)C1=O. The van der Waals surface area contributed by atoms with E-state index < -0.39 is 0 Å². The van der Waals surface area contributed by atoms with Crippen molar-refractivity contribution in [2.75, 3.05) is 19.9 Å². The minimum Gasteiger partial charge on any atom is -0.360 e. The lowest BCUT2D eigenvalue weighted by Crippen LogP contribution is -2.52. The fourth-order valence-electron chi connectivity index (χ4n) is 2.09. The van der Waals surface area contributed by atoms with E-state index in [1.807, 2.05) is 20.0 Å². The van der Waals surface area contributed by atoms with Crippen LogP contribution < -0.4 is 0 Å². The summed E-state index contributed by atoms with van der Waals surface area (Å²) in [5.74, 6) is -0.186. The summed E-state index contributed by atoms with van der Waals surface area (Å²) in [4.78, 5) is 26.9. The first kappa shape index (κ1) is 16.0. The molecule has 1 aliphatic heterocycles. The Kier molecular flexibility index (Phi) is 5.35. The van der Waals surface area contributed by atoms with Crippen molar-refractivity contribution in [2.24, 2.45) is 7.05 Å². The number of halogens is 1. The van der Waals surface area contributed by atoms with E-state index in [2.05, 4.69) is 21.0 Å². The zero-order valence-electron chi connectivity index (χ0n) is 12.2. The molecule has 0 atom stereocenters. The number of carbonyl (C=O) groups is 2. The smallest absolute Gasteiger partial charge is 0.328 e. The van der Waals surface area contributed by atoms with Crippen LogP contribution in [0.3, 0.4) is 0 Å². The predicted octanol–water partition coefficient (Wildman–Crippen LogP) is 1.72. The number of rotatable bonds is 6. The molecule has 116 valence electrons. The maximum absolute atomic E-state index is 12.3. The molecule has 1 aromatic heterocycles. The van der Waals surface area contributed by atoms with Crippen molar-refractivity contribution < 1.29 is 14.3 Å². The van der Waals surface area contributed by atoms with Crippen LogP contribution in [0, 0.1) is 0 Å². The molecular formula is C13H19BrN4O3. The molecule has 0 spiro atoms. The van der Waals surface area contributed by atoms with E-state index in [-0.39, 0.29) is 18.7 Å². The van der Waals surface area contributed by atoms with E-state index in [0.717, 1.165) is 21.6 Å². The molecule has 7 nitrogen and oxygen atoms in total. The summed E-state index contributed by atoms with van der Waals surface area (Å²) in [5.41, 5.74) is 0.779. The van der Waals surface area contributed by atoms with Crippen LogP contribution in [0.1, 0.15) is 25.5 Å². The van der Waals surface area contributed by atoms with Gasteiger partial charge in [-0.1, -0.05) is 6.92 Å². The lowest BCUT2D eigenvalue weighted by Gasteiger charge is -2.33. The van der Waals surface area contributed by atoms with Gasteiger partial charge in [0.05, 0.1) is 12.2 Å². The van der Waals surface area contributed by atoms with Crippen LogP contribution in [0.2, 0.25) is 0 Å². The van der Waals surface area contributed by atoms with Crippen LogP contribution in [0.4, 0.5) is 4.79 Å². The molecule has 3 amide bonds. The molecule has 0 saturated carbocycles. The molecule has 0 unspecified atom stereocenters. The maximum atomic E-state index is 12.3. The summed E-state index contributed by atoms with van der Waals surface area (Å²) in [5, 5.41) is 4.30. The Labute approximate surface area is 132 Å². The highest BCUT2D eigenvalue weighted by Gasteiger charge is 2.32. The molecule has 1 saturated heterocycles. The van der Waals surface area contributed by atoms with Crippen molar-refractivity contribution >= 4 is 27.9 Å². The first-order chi connectivity index (χ1) is 10.0. The zero-order valence-corrected chi connectivity index (χ0v) is 13.8. The molecule has 0 bridgehead atoms. The molecule has 0 radical (unpaired) electrons. The summed E-state index contributed by atoms with van der Waals surface area (Å²) >= 11 is 3.37. The van der Waals surface area contributed by atoms with Gasteiger partial charge >= 0.3 is 6.03 Å². The largest absolute Gasteiger partial charge is 0.360 e. The van der Waals surface area contributed by atoms with Gasteiger partial charge in [0.1, 0.15) is 11.3 Å². The standard InChI is InChI=1S/C13H19BrN4O3/c1-3-6-21-9-18-12(19)4-5-17(13(18)20)8-10-7-11(14)16(2)15-10/h7H,3-6,8-9H2,1-2H3. The van der Waals surface area contributed by atoms with Crippen molar-refractivity contribution in [1.29, 1.82) is 0 Å². The molecule has 1 aromatic rings. The highest BCUT2D eigenvalue weighted by Crippen LogP contribution is 2.16. The average molecular weight is 359 g/mol. The summed E-state index contributed by atoms with van der Waals surface area (Å²) in [6, 6.07) is 1.55. The third-order valence-electron chi connectivity index (χ3n) is 3.19. The normalized spacial score (nSPS) is 16.0. The molecule has 21 heavy (non-hydrogen) atoms. The van der Waals surface area contributed by atoms with Crippen molar-refractivity contribution in [3.05, 3.63) is 16.4 Å². The van der Waals surface area contributed by atoms with Crippen LogP contribution in [-0.2, 0) is 23.1 Å². The van der Waals surface area contributed by atoms with Gasteiger partial charge in [-0.2, -0.15) is 5.10 Å². The number of ether oxygens (including phenoxy) is 1. The molecule has 2 rings (SSSR count). The van der Waals surface area contributed by atoms with Gasteiger partial charge in [-0.15, -0.1) is 0 Å². The number of carbonyl (C=O) groups excluding carboxylic acids is 2. The molecule has 1 fully saturated rings. The van der Waals surface area contributed by atoms with Gasteiger partial charge in [0, 0.05) is 26.6 Å². The Morgan fingerprint density at radius 1 is 1.43 bits per heavy atom. The minimum absolute atomic E-state index is 0.0217. The fourth-order valence-corrected chi connectivity index (χ4v) is 2.43. The van der Waals surface area contributed by atoms with Gasteiger partial charge in [0.15, 0.2) is 0 Å². The van der Waals surface area contributed by atoms with E-state index in [1.54, 1.807) is 9.58 Å². The Morgan fingerprint density at radius 2 is 2.19 bits per heavy atom. The molecule has 0 aromatic carbocycles. The Morgan fingerprint density at radius 3 is 2.81 bits per heavy atom. The third-order valence-corrected chi connectivity index (χ3v) is 3.94. The zero-order chi connectivity index (χ0) is 15.4. The molecule has 0 N–H and O–H groups in total. The fraction of sp³-hybridized carbons (Fsp3) is 0.615. The summed E-state index contributed by atoms with van der Waals surface area (Å²) in [6.45, 7) is 3.33. The van der Waals surface area contributed by atoms with Crippen molar-refractivity contribution in [2.45, 2.75) is 26.3 Å². The number of nitrogens with zero attached hydrogens (tertiary/aromatic N) is 4. The van der Waals surface area contributed by atoms with E-state index in [0.29, 0.717) is 26.1 Å². The number of amides is 3. The first-order valence-corrected chi connectivity index (χ1v) is 7.67. The monoisotopic (exact) mass is 358 g/mol. The Bertz CT molecular complexity index is 512. The van der Waals surface area contributed by atoms with Gasteiger partial charge in [0.2, 0.25) is 5.91 Å². The molecule has 2 heterocycles. The number of aromatic nitrogens is 2. The van der Waals surface area contributed by atoms with E-state index in [1.165, 1.54) is 0 Å². The molecule has 1 aliphatic rings. The summed E-state index contributed by atoms with van der Waals surface area (Å²) < 4.78 is 7.86. The van der Waals surface area contributed by atoms with E-state index >= 15 is 0 Å². The second-order valence-corrected chi connectivity index (χ2v) is 5.71. The second-order valence-electron chi connectivity index (χ2n) is 4.90. The Hall–Kier alpha value is -1.41. The van der Waals surface area contributed by atoms with Crippen LogP contribution in [0.25, 0.3) is 0 Å². The van der Waals surface area contributed by atoms with Crippen LogP contribution >= 0.6 is 15.9 Å². The van der Waals surface area contributed by atoms with E-state index in [9.17, 15) is 9.59 Å². The third kappa shape index (κ3) is 3.82. The maximum Gasteiger partial charge on any atom is 0.328 e. The van der Waals surface area contributed by atoms with Gasteiger partial charge in [0.25, 0.3) is 0 Å². The molecule has 0 aliphatic carbocycles. The highest BCUT2D eigenvalue weighted by atomic mass is 79.9. The number of hydrogen-bond acceptors (Lipinski definition) is 4. The van der Waals surface area contributed by atoms with Gasteiger partial charge in [-0.05, 0) is 28.4 Å². The average Bonchev–Trinajstić information content (AvgIpc) is 2.76. The summed E-state index contributed by atoms with van der Waals surface area (Å²) in [6.07, 6.45) is 1.16. The quantitative estimate of drug-likeness (QED) is 0.726. The van der Waals surface area contributed by atoms with Crippen LogP contribution in [0.15, 0.2) is 10.7 Å². The van der Waals surface area contributed by atoms with Crippen LogP contribution in [-0.4, -0.2) is 51.4 Å². The highest BCUT2D eigenvalue weighted by molar-refractivity contribution is 9.10. The number of imide groups is 1. The van der Waals surface area contributed by atoms with E-state index in [4.69, 9.17) is 4.74 Å². The van der Waals surface area contributed by atoms with Crippen molar-refractivity contribution in [1.82, 2.24) is 19.6 Å². The van der Waals surface area contributed by atoms with Gasteiger partial charge in [-0.3, -0.25) is 9.48 Å². The molecule has 8 heteroatoms. The predicted molar refractivity (Wildman–Crippen MR) is 79.3 cm³/mol. The summed E-state index contributed by atoms with van der Waals surface area (Å²) in [7, 11) is 1.82. The topological polar surface area (TPSA) is 67.7 Å². The Balaban J connectivity index is 2.00. The van der Waals surface area contributed by atoms with Crippen LogP contribution in [0.5, 0.6) is 0 Å². The number of urea groups is 1. The lowest BCUT2D eigenvalue weighted by molar-refractivity contribution is -0.136. The van der Waals surface area contributed by atoms with Gasteiger partial charge in [-0.25, -0.2) is 9.69 Å². The lowest BCUT2D eigenvalue weighted by atomic mass is 10.2. The van der Waals surface area contributed by atoms with Crippen molar-refractivity contribution in [3.8, 4) is 0 Å². The van der Waals surface area contributed by atoms with Crippen molar-refractivity contribution in [3.63, 3.8) is 0 Å². The van der Waals surface area contributed by atoms with Gasteiger partial charge < -0.3 is 9.64 Å². The number of hydrogen-bond donors (Lipinski definition) is 0. The first-order valence-electron chi connectivity index (χ1n) is 6.88. The molecular weight excluding hydrogens is 340 g/mol. The number of aryl methyl sites for hydroxylation is 1. The second kappa shape index (κ2) is 7.04.